The van der Waals surface area contributed by atoms with Crippen LogP contribution in [0.15, 0.2) is 29.8 Å². The van der Waals surface area contributed by atoms with Gasteiger partial charge in [0.25, 0.3) is 0 Å². The number of carbonyl (C=O) groups excluding carboxylic acids is 1. The first-order valence-corrected chi connectivity index (χ1v) is 7.79. The molecule has 1 aromatic rings. The van der Waals surface area contributed by atoms with Crippen molar-refractivity contribution in [3.05, 3.63) is 39.9 Å². The highest BCUT2D eigenvalue weighted by molar-refractivity contribution is 6.42. The first kappa shape index (κ1) is 18.6. The molecule has 1 aliphatic rings. The Hall–Kier alpha value is -1.74. The lowest BCUT2D eigenvalue weighted by Gasteiger charge is -2.39. The van der Waals surface area contributed by atoms with Gasteiger partial charge >= 0.3 is 6.03 Å². The van der Waals surface area contributed by atoms with E-state index in [1.165, 1.54) is 18.1 Å². The van der Waals surface area contributed by atoms with Crippen LogP contribution < -0.4 is 21.4 Å². The predicted octanol–water partition coefficient (Wildman–Crippen LogP) is 2.61. The van der Waals surface area contributed by atoms with E-state index >= 15 is 0 Å². The highest BCUT2D eigenvalue weighted by atomic mass is 35.5. The van der Waals surface area contributed by atoms with E-state index in [1.54, 1.807) is 26.1 Å². The molecule has 2 rings (SSSR count). The number of halogens is 3. The number of nitrogens with one attached hydrogen (secondary N) is 4. The van der Waals surface area contributed by atoms with Crippen molar-refractivity contribution in [2.24, 2.45) is 0 Å². The molecule has 0 radical (unpaired) electrons. The highest BCUT2D eigenvalue weighted by Crippen LogP contribution is 2.25. The van der Waals surface area contributed by atoms with Gasteiger partial charge in [0.15, 0.2) is 17.9 Å². The summed E-state index contributed by atoms with van der Waals surface area (Å²) in [6.45, 7) is 1.63. The minimum Gasteiger partial charge on any atom is -0.325 e. The molecular weight excluding hydrogens is 360 g/mol. The molecule has 2 atom stereocenters. The minimum absolute atomic E-state index is 0.128. The minimum atomic E-state index is -0.653. The number of carbonyl (C=O) groups is 1. The normalized spacial score (nSPS) is 20.8. The van der Waals surface area contributed by atoms with Gasteiger partial charge in [0, 0.05) is 12.7 Å². The second-order valence-electron chi connectivity index (χ2n) is 5.13. The van der Waals surface area contributed by atoms with Crippen molar-refractivity contribution in [3.63, 3.8) is 0 Å². The van der Waals surface area contributed by atoms with Gasteiger partial charge < -0.3 is 15.5 Å². The fourth-order valence-corrected chi connectivity index (χ4v) is 2.44. The van der Waals surface area contributed by atoms with Gasteiger partial charge in [-0.05, 0) is 25.1 Å². The third kappa shape index (κ3) is 4.21. The van der Waals surface area contributed by atoms with Crippen molar-refractivity contribution in [2.75, 3.05) is 19.5 Å². The van der Waals surface area contributed by atoms with Crippen molar-refractivity contribution in [1.29, 1.82) is 0 Å². The quantitative estimate of drug-likeness (QED) is 0.606. The van der Waals surface area contributed by atoms with Crippen LogP contribution in [-0.4, -0.2) is 37.4 Å². The molecule has 1 aromatic carbocycles. The van der Waals surface area contributed by atoms with Gasteiger partial charge in [-0.2, -0.15) is 0 Å². The summed E-state index contributed by atoms with van der Waals surface area (Å²) in [7, 11) is 2.98. The predicted molar refractivity (Wildman–Crippen MR) is 91.0 cm³/mol. The smallest absolute Gasteiger partial charge is 0.321 e. The van der Waals surface area contributed by atoms with Crippen LogP contribution in [0.1, 0.15) is 6.92 Å². The van der Waals surface area contributed by atoms with Gasteiger partial charge in [-0.25, -0.2) is 14.7 Å². The first-order valence-electron chi connectivity index (χ1n) is 7.03. The zero-order valence-corrected chi connectivity index (χ0v) is 14.8. The molecule has 7 nitrogen and oxygen atoms in total. The summed E-state index contributed by atoms with van der Waals surface area (Å²) in [6, 6.07) is 3.62. The molecule has 24 heavy (non-hydrogen) atoms. The van der Waals surface area contributed by atoms with Crippen LogP contribution in [0.25, 0.3) is 0 Å². The average molecular weight is 378 g/mol. The van der Waals surface area contributed by atoms with Crippen LogP contribution >= 0.6 is 23.2 Å². The molecule has 0 saturated carbocycles. The monoisotopic (exact) mass is 377 g/mol. The van der Waals surface area contributed by atoms with Crippen molar-refractivity contribution < 1.29 is 14.0 Å². The lowest BCUT2D eigenvalue weighted by atomic mass is 10.2. The molecule has 10 heteroatoms. The fraction of sp³-hybridized carbons (Fsp3) is 0.357. The van der Waals surface area contributed by atoms with Gasteiger partial charge in [-0.15, -0.1) is 0 Å². The number of benzene rings is 1. The zero-order valence-electron chi connectivity index (χ0n) is 13.3. The van der Waals surface area contributed by atoms with E-state index in [2.05, 4.69) is 21.4 Å². The number of anilines is 1. The number of nitrogens with zero attached hydrogens (tertiary/aromatic N) is 1. The van der Waals surface area contributed by atoms with E-state index in [4.69, 9.17) is 28.0 Å². The van der Waals surface area contributed by atoms with Gasteiger partial charge in [-0.1, -0.05) is 23.2 Å². The van der Waals surface area contributed by atoms with Crippen molar-refractivity contribution in [1.82, 2.24) is 21.0 Å². The Kier molecular flexibility index (Phi) is 6.11. The summed E-state index contributed by atoms with van der Waals surface area (Å²) in [4.78, 5) is 18.4. The third-order valence-electron chi connectivity index (χ3n) is 3.40. The summed E-state index contributed by atoms with van der Waals surface area (Å²) in [5, 5.41) is 8.95. The maximum absolute atomic E-state index is 14.1. The van der Waals surface area contributed by atoms with Crippen LogP contribution in [0.4, 0.5) is 14.9 Å². The molecule has 1 heterocycles. The van der Waals surface area contributed by atoms with E-state index in [1.807, 2.05) is 0 Å². The van der Waals surface area contributed by atoms with E-state index < -0.39 is 24.2 Å². The van der Waals surface area contributed by atoms with Crippen LogP contribution in [0.2, 0.25) is 10.0 Å². The molecule has 4 N–H and O–H groups in total. The molecule has 0 spiro atoms. The van der Waals surface area contributed by atoms with Crippen molar-refractivity contribution in [3.8, 4) is 0 Å². The summed E-state index contributed by atoms with van der Waals surface area (Å²) < 4.78 is 14.1. The van der Waals surface area contributed by atoms with E-state index in [-0.39, 0.29) is 5.82 Å². The SMILES string of the molecule is CONC1=C(F)C(C)NC(NC(=O)Nc2ccc(Cl)c(Cl)c2)N1C. The fourth-order valence-electron chi connectivity index (χ4n) is 2.15. The van der Waals surface area contributed by atoms with Gasteiger partial charge in [0.2, 0.25) is 0 Å². The number of hydrogen-bond acceptors (Lipinski definition) is 5. The van der Waals surface area contributed by atoms with E-state index in [0.29, 0.717) is 15.7 Å². The molecule has 2 unspecified atom stereocenters. The molecule has 0 bridgehead atoms. The molecule has 132 valence electrons. The maximum Gasteiger partial charge on any atom is 0.321 e. The Bertz CT molecular complexity index is 658. The Morgan fingerprint density at radius 3 is 2.71 bits per heavy atom. The largest absolute Gasteiger partial charge is 0.325 e. The number of rotatable bonds is 4. The molecule has 0 fully saturated rings. The molecule has 1 aliphatic heterocycles. The van der Waals surface area contributed by atoms with Crippen LogP contribution in [0.3, 0.4) is 0 Å². The summed E-state index contributed by atoms with van der Waals surface area (Å²) in [5.74, 6) is -0.300. The average Bonchev–Trinajstić information content (AvgIpc) is 2.52. The second kappa shape index (κ2) is 7.89. The van der Waals surface area contributed by atoms with Crippen molar-refractivity contribution in [2.45, 2.75) is 19.3 Å². The van der Waals surface area contributed by atoms with Gasteiger partial charge in [-0.3, -0.25) is 10.2 Å². The second-order valence-corrected chi connectivity index (χ2v) is 5.95. The molecule has 0 aromatic heterocycles. The molecular formula is C14H18Cl2FN5O2. The van der Waals surface area contributed by atoms with Crippen molar-refractivity contribution >= 4 is 34.9 Å². The molecule has 2 amide bonds. The lowest BCUT2D eigenvalue weighted by molar-refractivity contribution is 0.0561. The Morgan fingerprint density at radius 2 is 2.08 bits per heavy atom. The van der Waals surface area contributed by atoms with Crippen LogP contribution in [0.5, 0.6) is 0 Å². The first-order chi connectivity index (χ1) is 11.3. The molecule has 0 aliphatic carbocycles. The van der Waals surface area contributed by atoms with E-state index in [9.17, 15) is 9.18 Å². The molecule has 0 saturated heterocycles. The summed E-state index contributed by atoms with van der Waals surface area (Å²) in [6.07, 6.45) is -0.653. The summed E-state index contributed by atoms with van der Waals surface area (Å²) >= 11 is 11.7. The Balaban J connectivity index is 2.04. The number of hydroxylamine groups is 1. The maximum atomic E-state index is 14.1. The van der Waals surface area contributed by atoms with Crippen LogP contribution in [0, 0.1) is 0 Å². The number of amides is 2. The standard InChI is InChI=1S/C14H18Cl2FN5O2/c1-7-11(17)12(21-24-3)22(2)13(18-7)20-14(23)19-8-4-5-9(15)10(16)6-8/h4-7,13,18,21H,1-3H3,(H2,19,20,23). The van der Waals surface area contributed by atoms with E-state index in [0.717, 1.165) is 0 Å². The topological polar surface area (TPSA) is 77.7 Å². The third-order valence-corrected chi connectivity index (χ3v) is 4.14. The summed E-state index contributed by atoms with van der Waals surface area (Å²) in [5.41, 5.74) is 2.94. The Labute approximate surface area is 149 Å². The number of urea groups is 1. The lowest BCUT2D eigenvalue weighted by Crippen LogP contribution is -2.62. The van der Waals surface area contributed by atoms with Crippen LogP contribution in [-0.2, 0) is 4.84 Å². The van der Waals surface area contributed by atoms with Gasteiger partial charge in [0.05, 0.1) is 23.2 Å². The zero-order chi connectivity index (χ0) is 17.9. The number of hydrogen-bond donors (Lipinski definition) is 4. The highest BCUT2D eigenvalue weighted by Gasteiger charge is 2.31. The van der Waals surface area contributed by atoms with Gasteiger partial charge in [0.1, 0.15) is 0 Å². The Morgan fingerprint density at radius 1 is 1.38 bits per heavy atom.